The van der Waals surface area contributed by atoms with Gasteiger partial charge in [-0.15, -0.1) is 0 Å². The van der Waals surface area contributed by atoms with Crippen molar-refractivity contribution in [2.24, 2.45) is 0 Å². The fourth-order valence-corrected chi connectivity index (χ4v) is 5.10. The maximum Gasteiger partial charge on any atom is 0.260 e. The Labute approximate surface area is 258 Å². The molecule has 2 aromatic heterocycles. The smallest absolute Gasteiger partial charge is 0.260 e. The van der Waals surface area contributed by atoms with Gasteiger partial charge in [-0.25, -0.2) is 13.8 Å². The molecular formula is C33H32F2N6O4. The van der Waals surface area contributed by atoms with Crippen LogP contribution >= 0.6 is 0 Å². The monoisotopic (exact) mass is 614 g/mol. The van der Waals surface area contributed by atoms with Gasteiger partial charge in [0, 0.05) is 43.1 Å². The van der Waals surface area contributed by atoms with Crippen molar-refractivity contribution in [3.05, 3.63) is 95.0 Å². The highest BCUT2D eigenvalue weighted by atomic mass is 19.1. The highest BCUT2D eigenvalue weighted by Crippen LogP contribution is 2.37. The largest absolute Gasteiger partial charge is 0.495 e. The first-order valence-electron chi connectivity index (χ1n) is 14.6. The number of morpholine rings is 1. The van der Waals surface area contributed by atoms with E-state index in [0.717, 1.165) is 51.5 Å². The standard InChI is InChI=1S/C33H32F2N6O4/c1-43-31-18-24-27(19-28(31)36-10-2-12-41-13-15-44-16-14-41)37-11-9-29(24)45-30-8-3-21(17-26(30)35)25-20-38-33(40-32(25)42)39-23-6-4-22(34)5-7-23/h3-9,11,17-20,36H,2,10,12-16H2,1H3,(H2,38,39,40,42). The number of anilines is 3. The number of H-pyrrole nitrogens is 1. The van der Waals surface area contributed by atoms with Crippen LogP contribution in [0.1, 0.15) is 6.42 Å². The van der Waals surface area contributed by atoms with E-state index >= 15 is 4.39 Å². The first-order valence-corrected chi connectivity index (χ1v) is 14.6. The molecule has 0 radical (unpaired) electrons. The zero-order valence-corrected chi connectivity index (χ0v) is 24.6. The average Bonchev–Trinajstić information content (AvgIpc) is 3.05. The number of pyridine rings is 1. The molecule has 0 aliphatic carbocycles. The second-order valence-electron chi connectivity index (χ2n) is 10.5. The summed E-state index contributed by atoms with van der Waals surface area (Å²) in [6, 6.07) is 15.2. The van der Waals surface area contributed by atoms with E-state index in [1.165, 1.54) is 42.6 Å². The van der Waals surface area contributed by atoms with Crippen molar-refractivity contribution in [2.75, 3.05) is 57.1 Å². The first kappa shape index (κ1) is 30.0. The van der Waals surface area contributed by atoms with Crippen LogP contribution in [0.5, 0.6) is 17.2 Å². The van der Waals surface area contributed by atoms with Crippen LogP contribution in [0.25, 0.3) is 22.0 Å². The molecule has 3 heterocycles. The lowest BCUT2D eigenvalue weighted by atomic mass is 10.1. The van der Waals surface area contributed by atoms with E-state index in [0.29, 0.717) is 33.7 Å². The molecule has 1 aliphatic rings. The van der Waals surface area contributed by atoms with Crippen molar-refractivity contribution in [3.8, 4) is 28.4 Å². The summed E-state index contributed by atoms with van der Waals surface area (Å²) in [7, 11) is 1.59. The lowest BCUT2D eigenvalue weighted by Crippen LogP contribution is -2.37. The fourth-order valence-electron chi connectivity index (χ4n) is 5.10. The number of benzene rings is 3. The third-order valence-electron chi connectivity index (χ3n) is 7.46. The second kappa shape index (κ2) is 13.7. The third-order valence-corrected chi connectivity index (χ3v) is 7.46. The molecule has 0 atom stereocenters. The lowest BCUT2D eigenvalue weighted by molar-refractivity contribution is 0.0378. The molecule has 1 aliphatic heterocycles. The van der Waals surface area contributed by atoms with Crippen LogP contribution in [0.3, 0.4) is 0 Å². The SMILES string of the molecule is COc1cc2c(Oc3ccc(-c4cnc(Nc5ccc(F)cc5)[nH]c4=O)cc3F)ccnc2cc1NCCCN1CCOCC1. The zero-order valence-electron chi connectivity index (χ0n) is 24.6. The van der Waals surface area contributed by atoms with Crippen LogP contribution < -0.4 is 25.7 Å². The number of hydrogen-bond donors (Lipinski definition) is 3. The van der Waals surface area contributed by atoms with E-state index in [4.69, 9.17) is 14.2 Å². The van der Waals surface area contributed by atoms with Gasteiger partial charge in [-0.3, -0.25) is 19.7 Å². The highest BCUT2D eigenvalue weighted by Gasteiger charge is 2.15. The van der Waals surface area contributed by atoms with Crippen molar-refractivity contribution in [3.63, 3.8) is 0 Å². The number of rotatable bonds is 11. The molecule has 0 unspecified atom stereocenters. The maximum atomic E-state index is 15.3. The minimum absolute atomic E-state index is 0.0190. The number of nitrogens with zero attached hydrogens (tertiary/aromatic N) is 3. The van der Waals surface area contributed by atoms with Gasteiger partial charge < -0.3 is 24.8 Å². The van der Waals surface area contributed by atoms with Gasteiger partial charge in [0.05, 0.1) is 37.1 Å². The number of hydrogen-bond acceptors (Lipinski definition) is 9. The van der Waals surface area contributed by atoms with Crippen molar-refractivity contribution < 1.29 is 23.0 Å². The van der Waals surface area contributed by atoms with E-state index in [1.807, 2.05) is 12.1 Å². The van der Waals surface area contributed by atoms with Crippen LogP contribution in [0, 0.1) is 11.6 Å². The molecule has 0 amide bonds. The van der Waals surface area contributed by atoms with Crippen LogP contribution in [0.15, 0.2) is 77.9 Å². The Morgan fingerprint density at radius 2 is 1.80 bits per heavy atom. The molecule has 1 saturated heterocycles. The summed E-state index contributed by atoms with van der Waals surface area (Å²) in [4.78, 5) is 26.5. The number of halogens is 2. The zero-order chi connectivity index (χ0) is 31.2. The van der Waals surface area contributed by atoms with Gasteiger partial charge in [-0.2, -0.15) is 0 Å². The van der Waals surface area contributed by atoms with Crippen LogP contribution in [0.2, 0.25) is 0 Å². The number of fused-ring (bicyclic) bond motifs is 1. The summed E-state index contributed by atoms with van der Waals surface area (Å²) in [6.07, 6.45) is 3.91. The lowest BCUT2D eigenvalue weighted by Gasteiger charge is -2.26. The summed E-state index contributed by atoms with van der Waals surface area (Å²) in [5, 5.41) is 7.00. The van der Waals surface area contributed by atoms with Crippen LogP contribution in [-0.4, -0.2) is 66.4 Å². The summed E-state index contributed by atoms with van der Waals surface area (Å²) in [5.74, 6) is 0.134. The molecule has 0 bridgehead atoms. The van der Waals surface area contributed by atoms with Crippen LogP contribution in [-0.2, 0) is 4.74 Å². The van der Waals surface area contributed by atoms with Gasteiger partial charge in [0.1, 0.15) is 17.3 Å². The quantitative estimate of drug-likeness (QED) is 0.156. The maximum absolute atomic E-state index is 15.3. The van der Waals surface area contributed by atoms with Gasteiger partial charge in [0.15, 0.2) is 11.6 Å². The summed E-state index contributed by atoms with van der Waals surface area (Å²) < 4.78 is 45.5. The molecule has 5 aromatic rings. The average molecular weight is 615 g/mol. The van der Waals surface area contributed by atoms with Gasteiger partial charge >= 0.3 is 0 Å². The predicted molar refractivity (Wildman–Crippen MR) is 169 cm³/mol. The van der Waals surface area contributed by atoms with Gasteiger partial charge in [-0.05, 0) is 73.1 Å². The van der Waals surface area contributed by atoms with E-state index in [-0.39, 0.29) is 23.1 Å². The van der Waals surface area contributed by atoms with Crippen molar-refractivity contribution in [1.82, 2.24) is 19.9 Å². The van der Waals surface area contributed by atoms with Gasteiger partial charge in [0.2, 0.25) is 5.95 Å². The fraction of sp³-hybridized carbons (Fsp3) is 0.242. The normalized spacial score (nSPS) is 13.5. The number of nitrogens with one attached hydrogen (secondary N) is 3. The molecule has 6 rings (SSSR count). The van der Waals surface area contributed by atoms with Crippen molar-refractivity contribution >= 4 is 28.2 Å². The summed E-state index contributed by atoms with van der Waals surface area (Å²) in [6.45, 7) is 5.21. The molecular weight excluding hydrogens is 582 g/mol. The summed E-state index contributed by atoms with van der Waals surface area (Å²) >= 11 is 0. The minimum Gasteiger partial charge on any atom is -0.495 e. The molecule has 3 aromatic carbocycles. The molecule has 0 saturated carbocycles. The number of ether oxygens (including phenoxy) is 3. The molecule has 232 valence electrons. The van der Waals surface area contributed by atoms with Crippen LogP contribution in [0.4, 0.5) is 26.1 Å². The van der Waals surface area contributed by atoms with Gasteiger partial charge in [0.25, 0.3) is 5.56 Å². The molecule has 45 heavy (non-hydrogen) atoms. The van der Waals surface area contributed by atoms with E-state index in [2.05, 4.69) is 30.5 Å². The van der Waals surface area contributed by atoms with Crippen molar-refractivity contribution in [1.29, 1.82) is 0 Å². The second-order valence-corrected chi connectivity index (χ2v) is 10.5. The van der Waals surface area contributed by atoms with Crippen molar-refractivity contribution in [2.45, 2.75) is 6.42 Å². The first-order chi connectivity index (χ1) is 22.0. The number of aromatic amines is 1. The Kier molecular flexibility index (Phi) is 9.13. The van der Waals surface area contributed by atoms with E-state index < -0.39 is 11.4 Å². The molecule has 12 heteroatoms. The minimum atomic E-state index is -0.657. The van der Waals surface area contributed by atoms with E-state index in [9.17, 15) is 9.18 Å². The summed E-state index contributed by atoms with van der Waals surface area (Å²) in [5.41, 5.74) is 2.05. The Hall–Kier alpha value is -5.07. The Morgan fingerprint density at radius 3 is 2.56 bits per heavy atom. The Bertz CT molecular complexity index is 1840. The predicted octanol–water partition coefficient (Wildman–Crippen LogP) is 5.94. The molecule has 3 N–H and O–H groups in total. The molecule has 10 nitrogen and oxygen atoms in total. The molecule has 1 fully saturated rings. The third kappa shape index (κ3) is 7.19. The Morgan fingerprint density at radius 1 is 0.978 bits per heavy atom. The topological polar surface area (TPSA) is 114 Å². The highest BCUT2D eigenvalue weighted by molar-refractivity contribution is 5.90. The molecule has 0 spiro atoms. The number of methoxy groups -OCH3 is 1. The van der Waals surface area contributed by atoms with E-state index in [1.54, 1.807) is 25.4 Å². The Balaban J connectivity index is 1.16. The van der Waals surface area contributed by atoms with Gasteiger partial charge in [-0.1, -0.05) is 6.07 Å². The number of aromatic nitrogens is 3.